The van der Waals surface area contributed by atoms with Crippen LogP contribution in [0.5, 0.6) is 23.0 Å². The molecule has 0 aliphatic heterocycles. The highest BCUT2D eigenvalue weighted by molar-refractivity contribution is 5.81. The first-order valence-electron chi connectivity index (χ1n) is 12.4. The van der Waals surface area contributed by atoms with E-state index in [1.165, 1.54) is 18.7 Å². The van der Waals surface area contributed by atoms with Crippen molar-refractivity contribution in [2.24, 2.45) is 0 Å². The van der Waals surface area contributed by atoms with Gasteiger partial charge in [0.25, 0.3) is 0 Å². The first-order chi connectivity index (χ1) is 18.5. The second-order valence-electron chi connectivity index (χ2n) is 9.03. The number of hydrogen-bond acceptors (Lipinski definition) is 7. The molecule has 0 atom stereocenters. The van der Waals surface area contributed by atoms with E-state index >= 15 is 0 Å². The van der Waals surface area contributed by atoms with Crippen LogP contribution >= 0.6 is 0 Å². The predicted molar refractivity (Wildman–Crippen MR) is 147 cm³/mol. The lowest BCUT2D eigenvalue weighted by Crippen LogP contribution is -2.03. The van der Waals surface area contributed by atoms with Gasteiger partial charge in [-0.25, -0.2) is 4.98 Å². The van der Waals surface area contributed by atoms with E-state index in [-0.39, 0.29) is 5.43 Å². The van der Waals surface area contributed by atoms with Gasteiger partial charge in [-0.3, -0.25) is 4.79 Å². The Morgan fingerprint density at radius 2 is 1.68 bits per heavy atom. The van der Waals surface area contributed by atoms with Crippen molar-refractivity contribution in [1.82, 2.24) is 9.55 Å². The second kappa shape index (κ2) is 10.9. The average Bonchev–Trinajstić information content (AvgIpc) is 3.33. The van der Waals surface area contributed by atoms with E-state index in [9.17, 15) is 4.79 Å². The van der Waals surface area contributed by atoms with Crippen molar-refractivity contribution < 1.29 is 23.4 Å². The van der Waals surface area contributed by atoms with Gasteiger partial charge in [-0.1, -0.05) is 6.07 Å². The van der Waals surface area contributed by atoms with Crippen LogP contribution in [-0.2, 0) is 6.54 Å². The molecule has 0 radical (unpaired) electrons. The van der Waals surface area contributed by atoms with E-state index in [1.807, 2.05) is 6.33 Å². The molecule has 0 aliphatic rings. The molecule has 0 unspecified atom stereocenters. The maximum Gasteiger partial charge on any atom is 0.203 e. The quantitative estimate of drug-likeness (QED) is 0.211. The highest BCUT2D eigenvalue weighted by Gasteiger charge is 2.16. The van der Waals surface area contributed by atoms with E-state index in [0.717, 1.165) is 30.4 Å². The highest BCUT2D eigenvalue weighted by Crippen LogP contribution is 2.41. The van der Waals surface area contributed by atoms with E-state index in [1.54, 1.807) is 44.6 Å². The minimum atomic E-state index is -0.149. The monoisotopic (exact) mass is 514 g/mol. The summed E-state index contributed by atoms with van der Waals surface area (Å²) in [4.78, 5) is 17.3. The zero-order valence-electron chi connectivity index (χ0n) is 21.9. The topological polar surface area (TPSA) is 85.0 Å². The standard InChI is InChI=1S/C30H30N2O6/c1-19-7-10-24-23(13-19)31-18-32(24)11-5-6-12-37-21-8-9-22-25(33)17-26(38-27(22)16-21)20-14-28(34-2)30(36-4)29(15-20)35-3/h7-10,13-18H,5-6,11-12H2,1-4H3. The largest absolute Gasteiger partial charge is 0.493 e. The molecular weight excluding hydrogens is 484 g/mol. The van der Waals surface area contributed by atoms with Gasteiger partial charge < -0.3 is 27.9 Å². The van der Waals surface area contributed by atoms with Crippen LogP contribution in [0.1, 0.15) is 18.4 Å². The van der Waals surface area contributed by atoms with Crippen molar-refractivity contribution in [2.45, 2.75) is 26.3 Å². The number of nitrogens with zero attached hydrogens (tertiary/aromatic N) is 2. The van der Waals surface area contributed by atoms with Gasteiger partial charge in [0, 0.05) is 24.2 Å². The first kappa shape index (κ1) is 25.2. The van der Waals surface area contributed by atoms with Crippen LogP contribution in [0.4, 0.5) is 0 Å². The lowest BCUT2D eigenvalue weighted by atomic mass is 10.1. The number of aromatic nitrogens is 2. The lowest BCUT2D eigenvalue weighted by Gasteiger charge is -2.14. The van der Waals surface area contributed by atoms with Crippen LogP contribution in [0.3, 0.4) is 0 Å². The summed E-state index contributed by atoms with van der Waals surface area (Å²) >= 11 is 0. The van der Waals surface area contributed by atoms with Gasteiger partial charge in [0.1, 0.15) is 17.1 Å². The predicted octanol–water partition coefficient (Wildman–Crippen LogP) is 6.00. The molecule has 0 bridgehead atoms. The lowest BCUT2D eigenvalue weighted by molar-refractivity contribution is 0.303. The smallest absolute Gasteiger partial charge is 0.203 e. The summed E-state index contributed by atoms with van der Waals surface area (Å²) in [5.74, 6) is 2.45. The molecule has 0 spiro atoms. The van der Waals surface area contributed by atoms with Gasteiger partial charge in [0.2, 0.25) is 5.75 Å². The molecule has 0 fully saturated rings. The number of benzene rings is 3. The van der Waals surface area contributed by atoms with Crippen molar-refractivity contribution in [3.8, 4) is 34.3 Å². The fraction of sp³-hybridized carbons (Fsp3) is 0.267. The Balaban J connectivity index is 1.29. The molecule has 2 aromatic heterocycles. The number of methoxy groups -OCH3 is 3. The first-order valence-corrected chi connectivity index (χ1v) is 12.4. The zero-order valence-corrected chi connectivity index (χ0v) is 21.9. The molecule has 0 N–H and O–H groups in total. The molecule has 3 aromatic carbocycles. The van der Waals surface area contributed by atoms with Gasteiger partial charge in [-0.05, 0) is 61.7 Å². The third-order valence-electron chi connectivity index (χ3n) is 6.49. The molecule has 0 saturated carbocycles. The van der Waals surface area contributed by atoms with Gasteiger partial charge in [0.05, 0.1) is 50.7 Å². The van der Waals surface area contributed by atoms with Gasteiger partial charge in [0.15, 0.2) is 16.9 Å². The molecule has 0 saturated heterocycles. The molecule has 5 rings (SSSR count). The Kier molecular flexibility index (Phi) is 7.22. The number of fused-ring (bicyclic) bond motifs is 2. The SMILES string of the molecule is COc1cc(-c2cc(=O)c3ccc(OCCCCn4cnc5cc(C)ccc54)cc3o2)cc(OC)c1OC. The third kappa shape index (κ3) is 5.02. The third-order valence-corrected chi connectivity index (χ3v) is 6.49. The summed E-state index contributed by atoms with van der Waals surface area (Å²) in [6.07, 6.45) is 3.72. The summed E-state index contributed by atoms with van der Waals surface area (Å²) in [7, 11) is 4.62. The minimum Gasteiger partial charge on any atom is -0.493 e. The Labute approximate surface area is 220 Å². The number of imidazole rings is 1. The second-order valence-corrected chi connectivity index (χ2v) is 9.03. The van der Waals surface area contributed by atoms with Crippen LogP contribution < -0.4 is 24.4 Å². The van der Waals surface area contributed by atoms with Gasteiger partial charge in [-0.2, -0.15) is 0 Å². The molecule has 2 heterocycles. The van der Waals surface area contributed by atoms with Crippen LogP contribution in [-0.4, -0.2) is 37.5 Å². The zero-order chi connectivity index (χ0) is 26.6. The molecule has 8 heteroatoms. The van der Waals surface area contributed by atoms with Crippen molar-refractivity contribution >= 4 is 22.0 Å². The summed E-state index contributed by atoms with van der Waals surface area (Å²) in [6, 6.07) is 16.6. The normalized spacial score (nSPS) is 11.2. The van der Waals surface area contributed by atoms with Crippen LogP contribution in [0.2, 0.25) is 0 Å². The highest BCUT2D eigenvalue weighted by atomic mass is 16.5. The summed E-state index contributed by atoms with van der Waals surface area (Å²) < 4.78 is 30.6. The molecule has 8 nitrogen and oxygen atoms in total. The minimum absolute atomic E-state index is 0.149. The van der Waals surface area contributed by atoms with Gasteiger partial charge in [-0.15, -0.1) is 0 Å². The van der Waals surface area contributed by atoms with Crippen molar-refractivity contribution in [1.29, 1.82) is 0 Å². The molecule has 0 amide bonds. The van der Waals surface area contributed by atoms with E-state index in [2.05, 4.69) is 34.7 Å². The Bertz CT molecular complexity index is 1630. The number of ether oxygens (including phenoxy) is 4. The van der Waals surface area contributed by atoms with Crippen LogP contribution in [0.25, 0.3) is 33.3 Å². The molecule has 5 aromatic rings. The van der Waals surface area contributed by atoms with E-state index in [4.69, 9.17) is 23.4 Å². The maximum atomic E-state index is 12.8. The van der Waals surface area contributed by atoms with E-state index < -0.39 is 0 Å². The van der Waals surface area contributed by atoms with Crippen molar-refractivity contribution in [3.63, 3.8) is 0 Å². The fourth-order valence-electron chi connectivity index (χ4n) is 4.52. The number of rotatable bonds is 10. The molecule has 196 valence electrons. The fourth-order valence-corrected chi connectivity index (χ4v) is 4.52. The summed E-state index contributed by atoms with van der Waals surface area (Å²) in [5.41, 5.74) is 4.29. The summed E-state index contributed by atoms with van der Waals surface area (Å²) in [5, 5.41) is 0.482. The van der Waals surface area contributed by atoms with Crippen molar-refractivity contribution in [3.05, 3.63) is 76.7 Å². The molecule has 38 heavy (non-hydrogen) atoms. The Morgan fingerprint density at radius 3 is 2.42 bits per heavy atom. The Hall–Kier alpha value is -4.46. The van der Waals surface area contributed by atoms with E-state index in [0.29, 0.717) is 51.9 Å². The summed E-state index contributed by atoms with van der Waals surface area (Å²) in [6.45, 7) is 3.49. The van der Waals surface area contributed by atoms with Crippen molar-refractivity contribution in [2.75, 3.05) is 27.9 Å². The molecular formula is C30H30N2O6. The number of unbranched alkanes of at least 4 members (excludes halogenated alkanes) is 1. The number of aryl methyl sites for hydroxylation is 2. The van der Waals surface area contributed by atoms with Gasteiger partial charge >= 0.3 is 0 Å². The average molecular weight is 515 g/mol. The van der Waals surface area contributed by atoms with Crippen LogP contribution in [0.15, 0.2) is 70.1 Å². The molecule has 0 aliphatic carbocycles. The number of hydrogen-bond donors (Lipinski definition) is 0. The maximum absolute atomic E-state index is 12.8. The van der Waals surface area contributed by atoms with Crippen LogP contribution in [0, 0.1) is 6.92 Å². The Morgan fingerprint density at radius 1 is 0.895 bits per heavy atom.